The van der Waals surface area contributed by atoms with E-state index >= 15 is 0 Å². The normalized spacial score (nSPS) is 14.8. The molecule has 0 fully saturated rings. The monoisotopic (exact) mass is 319 g/mol. The van der Waals surface area contributed by atoms with E-state index in [1.807, 2.05) is 19.1 Å². The number of aromatic nitrogens is 1. The number of rotatable bonds is 3. The first-order valence-corrected chi connectivity index (χ1v) is 8.41. The van der Waals surface area contributed by atoms with Crippen molar-refractivity contribution in [3.8, 4) is 0 Å². The fourth-order valence-electron chi connectivity index (χ4n) is 2.44. The number of nitrogens with one attached hydrogen (secondary N) is 1. The Labute approximate surface area is 129 Å². The molecule has 0 spiro atoms. The van der Waals surface area contributed by atoms with Crippen LogP contribution in [-0.4, -0.2) is 37.4 Å². The maximum absolute atomic E-state index is 12.5. The summed E-state index contributed by atoms with van der Waals surface area (Å²) in [6, 6.07) is 8.59. The maximum Gasteiger partial charge on any atom is 0.270 e. The van der Waals surface area contributed by atoms with Gasteiger partial charge >= 0.3 is 0 Å². The summed E-state index contributed by atoms with van der Waals surface area (Å²) < 4.78 is 29.3. The molecule has 22 heavy (non-hydrogen) atoms. The van der Waals surface area contributed by atoms with Crippen LogP contribution in [0, 0.1) is 6.92 Å². The van der Waals surface area contributed by atoms with E-state index in [9.17, 15) is 13.2 Å². The third-order valence-corrected chi connectivity index (χ3v) is 5.15. The van der Waals surface area contributed by atoms with Gasteiger partial charge in [0, 0.05) is 26.3 Å². The van der Waals surface area contributed by atoms with Crippen molar-refractivity contribution in [3.63, 3.8) is 0 Å². The van der Waals surface area contributed by atoms with Gasteiger partial charge in [0.25, 0.3) is 15.9 Å². The topological polar surface area (TPSA) is 71.4 Å². The molecule has 1 amide bonds. The van der Waals surface area contributed by atoms with Crippen LogP contribution >= 0.6 is 0 Å². The minimum absolute atomic E-state index is 0.106. The minimum Gasteiger partial charge on any atom is -0.340 e. The molecule has 0 aliphatic carbocycles. The summed E-state index contributed by atoms with van der Waals surface area (Å²) in [5.41, 5.74) is 1.78. The van der Waals surface area contributed by atoms with Gasteiger partial charge in [-0.1, -0.05) is 18.2 Å². The molecule has 3 rings (SSSR count). The number of hydrogen-bond acceptors (Lipinski definition) is 3. The van der Waals surface area contributed by atoms with Crippen LogP contribution in [0.15, 0.2) is 41.4 Å². The van der Waals surface area contributed by atoms with Gasteiger partial charge < -0.3 is 9.47 Å². The number of nitrogens with zero attached hydrogens (tertiary/aromatic N) is 2. The van der Waals surface area contributed by atoms with Gasteiger partial charge in [-0.2, -0.15) is 0 Å². The van der Waals surface area contributed by atoms with Crippen molar-refractivity contribution >= 4 is 21.6 Å². The summed E-state index contributed by atoms with van der Waals surface area (Å²) in [6.07, 6.45) is 1.51. The molecule has 1 aromatic heterocycles. The number of para-hydroxylation sites is 1. The van der Waals surface area contributed by atoms with Crippen LogP contribution in [0.3, 0.4) is 0 Å². The molecule has 2 heterocycles. The third kappa shape index (κ3) is 2.48. The van der Waals surface area contributed by atoms with Gasteiger partial charge in [-0.25, -0.2) is 8.42 Å². The number of likely N-dealkylation sites (N-methyl/N-ethyl adjacent to an activating group) is 1. The molecular formula is C15H17N3O3S. The van der Waals surface area contributed by atoms with Crippen LogP contribution < -0.4 is 4.72 Å². The van der Waals surface area contributed by atoms with Gasteiger partial charge in [0.15, 0.2) is 0 Å². The van der Waals surface area contributed by atoms with E-state index in [2.05, 4.69) is 4.72 Å². The van der Waals surface area contributed by atoms with Crippen molar-refractivity contribution in [2.45, 2.75) is 18.4 Å². The molecule has 1 aliphatic rings. The van der Waals surface area contributed by atoms with Crippen molar-refractivity contribution in [3.05, 3.63) is 47.8 Å². The molecule has 0 atom stereocenters. The molecule has 1 aliphatic heterocycles. The number of aryl methyl sites for hydroxylation is 1. The van der Waals surface area contributed by atoms with Gasteiger partial charge in [0.1, 0.15) is 10.6 Å². The summed E-state index contributed by atoms with van der Waals surface area (Å²) in [5, 5.41) is 0. The second-order valence-corrected chi connectivity index (χ2v) is 7.08. The lowest BCUT2D eigenvalue weighted by Crippen LogP contribution is -2.36. The lowest BCUT2D eigenvalue weighted by Gasteiger charge is -2.23. The Bertz CT molecular complexity index is 839. The zero-order valence-corrected chi connectivity index (χ0v) is 13.2. The number of hydrogen-bond donors (Lipinski definition) is 1. The molecule has 0 saturated heterocycles. The lowest BCUT2D eigenvalue weighted by atomic mass is 10.2. The highest BCUT2D eigenvalue weighted by Gasteiger charge is 2.26. The SMILES string of the molecule is Cc1ccccc1NS(=O)(=O)c1cc2n(c1)CCN(C)C2=O. The zero-order valence-electron chi connectivity index (χ0n) is 12.4. The van der Waals surface area contributed by atoms with Crippen molar-refractivity contribution in [2.75, 3.05) is 18.3 Å². The predicted octanol–water partition coefficient (Wildman–Crippen LogP) is 1.68. The molecule has 6 nitrogen and oxygen atoms in total. The van der Waals surface area contributed by atoms with Crippen LogP contribution in [0.25, 0.3) is 0 Å². The molecule has 0 unspecified atom stereocenters. The van der Waals surface area contributed by atoms with Crippen molar-refractivity contribution < 1.29 is 13.2 Å². The standard InChI is InChI=1S/C15H17N3O3S/c1-11-5-3-4-6-13(11)16-22(20,21)12-9-14-15(19)17(2)7-8-18(14)10-12/h3-6,9-10,16H,7-8H2,1-2H3. The second kappa shape index (κ2) is 5.17. The number of amides is 1. The van der Waals surface area contributed by atoms with E-state index < -0.39 is 10.0 Å². The molecule has 0 saturated carbocycles. The summed E-state index contributed by atoms with van der Waals surface area (Å²) >= 11 is 0. The van der Waals surface area contributed by atoms with Crippen LogP contribution in [-0.2, 0) is 16.6 Å². The first kappa shape index (κ1) is 14.6. The lowest BCUT2D eigenvalue weighted by molar-refractivity contribution is 0.0749. The van der Waals surface area contributed by atoms with Gasteiger partial charge in [0.05, 0.1) is 5.69 Å². The molecule has 0 radical (unpaired) electrons. The van der Waals surface area contributed by atoms with Gasteiger partial charge in [-0.3, -0.25) is 9.52 Å². The average molecular weight is 319 g/mol. The fourth-order valence-corrected chi connectivity index (χ4v) is 3.61. The molecule has 0 bridgehead atoms. The Morgan fingerprint density at radius 3 is 2.64 bits per heavy atom. The number of fused-ring (bicyclic) bond motifs is 1. The maximum atomic E-state index is 12.5. The van der Waals surface area contributed by atoms with Crippen LogP contribution in [0.5, 0.6) is 0 Å². The Balaban J connectivity index is 1.96. The first-order valence-electron chi connectivity index (χ1n) is 6.92. The Kier molecular flexibility index (Phi) is 3.44. The summed E-state index contributed by atoms with van der Waals surface area (Å²) in [5.74, 6) is -0.163. The fraction of sp³-hybridized carbons (Fsp3) is 0.267. The highest BCUT2D eigenvalue weighted by atomic mass is 32.2. The van der Waals surface area contributed by atoms with E-state index in [1.54, 1.807) is 28.6 Å². The van der Waals surface area contributed by atoms with Crippen molar-refractivity contribution in [1.82, 2.24) is 9.47 Å². The molecule has 7 heteroatoms. The zero-order chi connectivity index (χ0) is 15.9. The Morgan fingerprint density at radius 1 is 1.18 bits per heavy atom. The van der Waals surface area contributed by atoms with E-state index in [4.69, 9.17) is 0 Å². The third-order valence-electron chi connectivity index (χ3n) is 3.81. The molecule has 116 valence electrons. The molecular weight excluding hydrogens is 302 g/mol. The van der Waals surface area contributed by atoms with Crippen LogP contribution in [0.1, 0.15) is 16.1 Å². The van der Waals surface area contributed by atoms with Gasteiger partial charge in [-0.15, -0.1) is 0 Å². The number of carbonyl (C=O) groups excluding carboxylic acids is 1. The van der Waals surface area contributed by atoms with Crippen molar-refractivity contribution in [1.29, 1.82) is 0 Å². The van der Waals surface area contributed by atoms with Crippen molar-refractivity contribution in [2.24, 2.45) is 0 Å². The summed E-state index contributed by atoms with van der Waals surface area (Å²) in [6.45, 7) is 3.00. The molecule has 1 N–H and O–H groups in total. The summed E-state index contributed by atoms with van der Waals surface area (Å²) in [4.78, 5) is 13.7. The van der Waals surface area contributed by atoms with Crippen LogP contribution in [0.4, 0.5) is 5.69 Å². The average Bonchev–Trinajstić information content (AvgIpc) is 2.91. The highest BCUT2D eigenvalue weighted by molar-refractivity contribution is 7.92. The molecule has 1 aromatic carbocycles. The smallest absolute Gasteiger partial charge is 0.270 e. The Morgan fingerprint density at radius 2 is 1.91 bits per heavy atom. The largest absolute Gasteiger partial charge is 0.340 e. The van der Waals surface area contributed by atoms with E-state index in [1.165, 1.54) is 12.3 Å². The van der Waals surface area contributed by atoms with E-state index in [0.29, 0.717) is 24.5 Å². The predicted molar refractivity (Wildman–Crippen MR) is 83.4 cm³/mol. The first-order chi connectivity index (χ1) is 10.4. The number of sulfonamides is 1. The minimum atomic E-state index is -3.71. The van der Waals surface area contributed by atoms with Crippen LogP contribution in [0.2, 0.25) is 0 Å². The Hall–Kier alpha value is -2.28. The van der Waals surface area contributed by atoms with E-state index in [-0.39, 0.29) is 10.8 Å². The molecule has 2 aromatic rings. The van der Waals surface area contributed by atoms with E-state index in [0.717, 1.165) is 5.56 Å². The summed E-state index contributed by atoms with van der Waals surface area (Å²) in [7, 11) is -2.01. The highest BCUT2D eigenvalue weighted by Crippen LogP contribution is 2.23. The number of carbonyl (C=O) groups is 1. The number of benzene rings is 1. The van der Waals surface area contributed by atoms with Gasteiger partial charge in [-0.05, 0) is 24.6 Å². The second-order valence-electron chi connectivity index (χ2n) is 5.40. The van der Waals surface area contributed by atoms with Gasteiger partial charge in [0.2, 0.25) is 0 Å². The number of anilines is 1. The quantitative estimate of drug-likeness (QED) is 0.935.